The Bertz CT molecular complexity index is 1560. The third-order valence-electron chi connectivity index (χ3n) is 7.11. The molecule has 1 amide bonds. The number of aromatic nitrogens is 5. The maximum absolute atomic E-state index is 11.7. The number of hydrogen-bond acceptors (Lipinski definition) is 10. The minimum absolute atomic E-state index is 0.000487. The molecule has 0 radical (unpaired) electrons. The number of carbonyl (C=O) groups excluding carboxylic acids is 1. The molecular weight excluding hydrogens is 514 g/mol. The van der Waals surface area contributed by atoms with Crippen LogP contribution in [0.15, 0.2) is 36.7 Å². The third kappa shape index (κ3) is 4.91. The van der Waals surface area contributed by atoms with Gasteiger partial charge in [0.1, 0.15) is 6.07 Å². The van der Waals surface area contributed by atoms with Gasteiger partial charge in [-0.25, -0.2) is 4.52 Å². The molecule has 2 aliphatic rings. The van der Waals surface area contributed by atoms with Crippen LogP contribution in [0, 0.1) is 23.2 Å². The van der Waals surface area contributed by atoms with E-state index in [2.05, 4.69) is 50.7 Å². The SMILES string of the molecule is CC(=O)NC1C2COCC1CN(c1nnc(-c3cnc(-c4ccc5cc(C#N)cnn45)cc3NC(C)C)s1)C2. The van der Waals surface area contributed by atoms with E-state index < -0.39 is 0 Å². The van der Waals surface area contributed by atoms with Crippen molar-refractivity contribution in [2.45, 2.75) is 32.9 Å². The minimum atomic E-state index is 0.000487. The molecule has 6 rings (SSSR count). The highest BCUT2D eigenvalue weighted by atomic mass is 32.1. The van der Waals surface area contributed by atoms with Crippen molar-refractivity contribution in [3.63, 3.8) is 0 Å². The van der Waals surface area contributed by atoms with Gasteiger partial charge in [0.2, 0.25) is 11.0 Å². The van der Waals surface area contributed by atoms with E-state index in [-0.39, 0.29) is 29.8 Å². The molecule has 2 unspecified atom stereocenters. The monoisotopic (exact) mass is 543 g/mol. The van der Waals surface area contributed by atoms with Gasteiger partial charge in [-0.1, -0.05) is 11.3 Å². The number of nitriles is 1. The van der Waals surface area contributed by atoms with Crippen molar-refractivity contribution in [2.75, 3.05) is 36.5 Å². The lowest BCUT2D eigenvalue weighted by Gasteiger charge is -2.46. The molecule has 6 heterocycles. The Morgan fingerprint density at radius 2 is 1.97 bits per heavy atom. The summed E-state index contributed by atoms with van der Waals surface area (Å²) < 4.78 is 7.58. The van der Waals surface area contributed by atoms with Crippen LogP contribution in [0.4, 0.5) is 10.8 Å². The summed E-state index contributed by atoms with van der Waals surface area (Å²) in [5, 5.41) is 31.0. The van der Waals surface area contributed by atoms with Crippen molar-refractivity contribution in [2.24, 2.45) is 11.8 Å². The Kier molecular flexibility index (Phi) is 6.62. The van der Waals surface area contributed by atoms with Gasteiger partial charge in [0, 0.05) is 55.8 Å². The number of ether oxygens (including phenoxy) is 1. The van der Waals surface area contributed by atoms with Crippen LogP contribution in [-0.2, 0) is 9.53 Å². The lowest BCUT2D eigenvalue weighted by molar-refractivity contribution is -0.122. The fourth-order valence-corrected chi connectivity index (χ4v) is 6.35. The van der Waals surface area contributed by atoms with Gasteiger partial charge >= 0.3 is 0 Å². The maximum atomic E-state index is 11.7. The number of nitrogens with zero attached hydrogens (tertiary/aromatic N) is 7. The van der Waals surface area contributed by atoms with E-state index in [1.54, 1.807) is 35.0 Å². The molecule has 0 aromatic carbocycles. The van der Waals surface area contributed by atoms with E-state index >= 15 is 0 Å². The van der Waals surface area contributed by atoms with E-state index in [9.17, 15) is 10.1 Å². The quantitative estimate of drug-likeness (QED) is 0.376. The second-order valence-corrected chi connectivity index (χ2v) is 11.4. The van der Waals surface area contributed by atoms with Crippen molar-refractivity contribution in [3.05, 3.63) is 42.2 Å². The molecule has 2 saturated heterocycles. The van der Waals surface area contributed by atoms with Crippen LogP contribution >= 0.6 is 11.3 Å². The van der Waals surface area contributed by atoms with E-state index in [0.717, 1.165) is 51.4 Å². The predicted molar refractivity (Wildman–Crippen MR) is 148 cm³/mol. The summed E-state index contributed by atoms with van der Waals surface area (Å²) in [5.74, 6) is 0.422. The van der Waals surface area contributed by atoms with E-state index in [1.807, 2.05) is 24.4 Å². The Labute approximate surface area is 229 Å². The highest BCUT2D eigenvalue weighted by Crippen LogP contribution is 2.38. The van der Waals surface area contributed by atoms with Crippen LogP contribution in [0.2, 0.25) is 0 Å². The number of anilines is 2. The molecular formula is C27H29N9O2S. The summed E-state index contributed by atoms with van der Waals surface area (Å²) in [7, 11) is 0. The molecule has 0 saturated carbocycles. The Balaban J connectivity index is 1.29. The van der Waals surface area contributed by atoms with Gasteiger partial charge in [0.15, 0.2) is 5.01 Å². The van der Waals surface area contributed by atoms with E-state index in [4.69, 9.17) is 9.72 Å². The van der Waals surface area contributed by atoms with Crippen molar-refractivity contribution in [1.82, 2.24) is 30.1 Å². The summed E-state index contributed by atoms with van der Waals surface area (Å²) in [6.07, 6.45) is 3.39. The van der Waals surface area contributed by atoms with Crippen LogP contribution in [0.3, 0.4) is 0 Å². The highest BCUT2D eigenvalue weighted by Gasteiger charge is 2.41. The Hall–Kier alpha value is -4.08. The zero-order chi connectivity index (χ0) is 27.1. The number of amides is 1. The first-order chi connectivity index (χ1) is 18.9. The number of piperidine rings is 1. The molecule has 4 aromatic rings. The first-order valence-electron chi connectivity index (χ1n) is 13.0. The molecule has 2 aliphatic heterocycles. The second-order valence-electron chi connectivity index (χ2n) is 10.4. The van der Waals surface area contributed by atoms with E-state index in [1.165, 1.54) is 0 Å². The number of hydrogen-bond donors (Lipinski definition) is 2. The molecule has 39 heavy (non-hydrogen) atoms. The summed E-state index contributed by atoms with van der Waals surface area (Å²) in [5.41, 5.74) is 4.74. The second kappa shape index (κ2) is 10.2. The van der Waals surface area contributed by atoms with Gasteiger partial charge in [0.05, 0.1) is 47.4 Å². The zero-order valence-electron chi connectivity index (χ0n) is 22.0. The number of nitrogens with one attached hydrogen (secondary N) is 2. The molecule has 4 aromatic heterocycles. The largest absolute Gasteiger partial charge is 0.382 e. The molecule has 11 nitrogen and oxygen atoms in total. The van der Waals surface area contributed by atoms with Crippen LogP contribution in [0.5, 0.6) is 0 Å². The zero-order valence-corrected chi connectivity index (χ0v) is 22.8. The van der Waals surface area contributed by atoms with Crippen molar-refractivity contribution in [1.29, 1.82) is 5.26 Å². The molecule has 0 aliphatic carbocycles. The van der Waals surface area contributed by atoms with Gasteiger partial charge in [-0.3, -0.25) is 9.78 Å². The number of fused-ring (bicyclic) bond motifs is 3. The van der Waals surface area contributed by atoms with Gasteiger partial charge in [-0.05, 0) is 38.1 Å². The highest BCUT2D eigenvalue weighted by molar-refractivity contribution is 7.18. The molecule has 2 atom stereocenters. The number of pyridine rings is 1. The van der Waals surface area contributed by atoms with Crippen LogP contribution in [-0.4, -0.2) is 69.1 Å². The van der Waals surface area contributed by atoms with Crippen LogP contribution < -0.4 is 15.5 Å². The first-order valence-corrected chi connectivity index (χ1v) is 13.8. The topological polar surface area (TPSA) is 133 Å². The molecule has 2 fully saturated rings. The fraction of sp³-hybridized carbons (Fsp3) is 0.407. The standard InChI is InChI=1S/C27H29N9O2S/c1-15(2)31-22-7-23(24-5-4-20-6-17(8-28)9-30-36(20)24)29-10-21(22)26-33-34-27(39-26)35-11-18-13-38-14-19(12-35)25(18)32-16(3)37/h4-7,9-10,15,18-19,25H,11-14H2,1-3H3,(H,29,31)(H,32,37). The predicted octanol–water partition coefficient (Wildman–Crippen LogP) is 3.19. The van der Waals surface area contributed by atoms with Crippen LogP contribution in [0.1, 0.15) is 26.3 Å². The van der Waals surface area contributed by atoms with Crippen molar-refractivity contribution >= 4 is 33.6 Å². The average molecular weight is 544 g/mol. The lowest BCUT2D eigenvalue weighted by atomic mass is 9.82. The smallest absolute Gasteiger partial charge is 0.217 e. The Morgan fingerprint density at radius 3 is 2.69 bits per heavy atom. The van der Waals surface area contributed by atoms with Gasteiger partial charge in [0.25, 0.3) is 0 Å². The van der Waals surface area contributed by atoms with Gasteiger partial charge in [-0.2, -0.15) is 10.4 Å². The Morgan fingerprint density at radius 1 is 1.18 bits per heavy atom. The molecule has 12 heteroatoms. The van der Waals surface area contributed by atoms with Crippen molar-refractivity contribution in [3.8, 4) is 28.0 Å². The van der Waals surface area contributed by atoms with Gasteiger partial charge < -0.3 is 20.3 Å². The summed E-state index contributed by atoms with van der Waals surface area (Å²) in [6, 6.07) is 10.2. The minimum Gasteiger partial charge on any atom is -0.382 e. The summed E-state index contributed by atoms with van der Waals surface area (Å²) in [6.45, 7) is 8.51. The lowest BCUT2D eigenvalue weighted by Crippen LogP contribution is -2.61. The molecule has 200 valence electrons. The fourth-order valence-electron chi connectivity index (χ4n) is 5.47. The van der Waals surface area contributed by atoms with E-state index in [0.29, 0.717) is 18.8 Å². The van der Waals surface area contributed by atoms with Gasteiger partial charge in [-0.15, -0.1) is 10.2 Å². The normalized spacial score (nSPS) is 20.7. The van der Waals surface area contributed by atoms with Crippen molar-refractivity contribution < 1.29 is 9.53 Å². The summed E-state index contributed by atoms with van der Waals surface area (Å²) in [4.78, 5) is 18.8. The summed E-state index contributed by atoms with van der Waals surface area (Å²) >= 11 is 1.54. The average Bonchev–Trinajstić information content (AvgIpc) is 3.55. The first kappa shape index (κ1) is 25.2. The molecule has 2 bridgehead atoms. The number of rotatable bonds is 6. The maximum Gasteiger partial charge on any atom is 0.217 e. The molecule has 0 spiro atoms. The molecule has 2 N–H and O–H groups in total. The number of carbonyl (C=O) groups is 1. The third-order valence-corrected chi connectivity index (χ3v) is 8.13. The van der Waals surface area contributed by atoms with Crippen LogP contribution in [0.25, 0.3) is 27.5 Å².